The van der Waals surface area contributed by atoms with E-state index in [9.17, 15) is 4.79 Å². The molecule has 0 aliphatic carbocycles. The number of carbonyl (C=O) groups is 1. The van der Waals surface area contributed by atoms with Crippen molar-refractivity contribution in [3.8, 4) is 0 Å². The van der Waals surface area contributed by atoms with Crippen molar-refractivity contribution in [2.75, 3.05) is 18.0 Å². The molecule has 4 nitrogen and oxygen atoms in total. The molecule has 1 aliphatic rings. The molecular weight excluding hydrogens is 202 g/mol. The Balaban J connectivity index is 2.09. The van der Waals surface area contributed by atoms with Crippen LogP contribution < -0.4 is 4.90 Å². The van der Waals surface area contributed by atoms with Crippen LogP contribution in [0, 0.1) is 12.8 Å². The summed E-state index contributed by atoms with van der Waals surface area (Å²) in [4.78, 5) is 22.1. The van der Waals surface area contributed by atoms with Crippen molar-refractivity contribution in [3.63, 3.8) is 0 Å². The highest BCUT2D eigenvalue weighted by atomic mass is 16.1. The van der Waals surface area contributed by atoms with E-state index in [1.54, 1.807) is 6.92 Å². The lowest BCUT2D eigenvalue weighted by molar-refractivity contribution is -0.120. The largest absolute Gasteiger partial charge is 0.340 e. The van der Waals surface area contributed by atoms with Crippen LogP contribution in [0.1, 0.15) is 25.3 Å². The number of hydrogen-bond acceptors (Lipinski definition) is 4. The molecule has 16 heavy (non-hydrogen) atoms. The Hall–Kier alpha value is -1.45. The highest BCUT2D eigenvalue weighted by molar-refractivity contribution is 5.79. The lowest BCUT2D eigenvalue weighted by Gasteiger charge is -2.31. The molecule has 2 rings (SSSR count). The summed E-state index contributed by atoms with van der Waals surface area (Å²) in [5.41, 5.74) is 1.06. The van der Waals surface area contributed by atoms with E-state index in [4.69, 9.17) is 0 Å². The van der Waals surface area contributed by atoms with Crippen LogP contribution in [0.5, 0.6) is 0 Å². The number of carbonyl (C=O) groups excluding carboxylic acids is 1. The minimum Gasteiger partial charge on any atom is -0.340 e. The second-order valence-corrected chi connectivity index (χ2v) is 4.46. The molecule has 1 aliphatic heterocycles. The van der Waals surface area contributed by atoms with Crippen LogP contribution in [0.15, 0.2) is 12.4 Å². The molecule has 1 aromatic heterocycles. The Morgan fingerprint density at radius 1 is 1.44 bits per heavy atom. The number of anilines is 1. The zero-order chi connectivity index (χ0) is 11.5. The lowest BCUT2D eigenvalue weighted by Crippen LogP contribution is -2.39. The van der Waals surface area contributed by atoms with Crippen LogP contribution in [-0.2, 0) is 4.79 Å². The SMILES string of the molecule is CC(=O)C1CCCN(c2ncc(C)cn2)C1. The first-order valence-corrected chi connectivity index (χ1v) is 5.71. The third-order valence-electron chi connectivity index (χ3n) is 3.05. The van der Waals surface area contributed by atoms with Gasteiger partial charge < -0.3 is 4.90 Å². The summed E-state index contributed by atoms with van der Waals surface area (Å²) < 4.78 is 0. The normalized spacial score (nSPS) is 20.9. The fourth-order valence-electron chi connectivity index (χ4n) is 2.04. The third kappa shape index (κ3) is 2.38. The highest BCUT2D eigenvalue weighted by Crippen LogP contribution is 2.20. The van der Waals surface area contributed by atoms with E-state index in [-0.39, 0.29) is 11.7 Å². The first-order chi connectivity index (χ1) is 7.66. The van der Waals surface area contributed by atoms with E-state index < -0.39 is 0 Å². The molecule has 1 saturated heterocycles. The third-order valence-corrected chi connectivity index (χ3v) is 3.05. The number of ketones is 1. The summed E-state index contributed by atoms with van der Waals surface area (Å²) in [5.74, 6) is 1.17. The summed E-state index contributed by atoms with van der Waals surface area (Å²) in [7, 11) is 0. The number of aryl methyl sites for hydroxylation is 1. The van der Waals surface area contributed by atoms with Gasteiger partial charge in [-0.05, 0) is 32.3 Å². The second kappa shape index (κ2) is 4.60. The van der Waals surface area contributed by atoms with Crippen LogP contribution in [0.25, 0.3) is 0 Å². The van der Waals surface area contributed by atoms with E-state index >= 15 is 0 Å². The summed E-state index contributed by atoms with van der Waals surface area (Å²) in [6.45, 7) is 5.35. The Morgan fingerprint density at radius 3 is 2.75 bits per heavy atom. The fourth-order valence-corrected chi connectivity index (χ4v) is 2.04. The maximum Gasteiger partial charge on any atom is 0.225 e. The molecule has 0 radical (unpaired) electrons. The van der Waals surface area contributed by atoms with Crippen LogP contribution in [0.3, 0.4) is 0 Å². The average molecular weight is 219 g/mol. The molecular formula is C12H17N3O. The van der Waals surface area contributed by atoms with Gasteiger partial charge in [0.25, 0.3) is 0 Å². The van der Waals surface area contributed by atoms with E-state index in [1.807, 2.05) is 19.3 Å². The average Bonchev–Trinajstić information content (AvgIpc) is 2.30. The minimum atomic E-state index is 0.152. The van der Waals surface area contributed by atoms with Gasteiger partial charge in [0.15, 0.2) is 0 Å². The Kier molecular flexibility index (Phi) is 3.17. The van der Waals surface area contributed by atoms with Gasteiger partial charge in [-0.3, -0.25) is 4.79 Å². The Morgan fingerprint density at radius 2 is 2.12 bits per heavy atom. The first-order valence-electron chi connectivity index (χ1n) is 5.71. The Bertz CT molecular complexity index is 374. The first kappa shape index (κ1) is 11.0. The van der Waals surface area contributed by atoms with Crippen molar-refractivity contribution in [1.82, 2.24) is 9.97 Å². The number of piperidine rings is 1. The lowest BCUT2D eigenvalue weighted by atomic mass is 9.95. The van der Waals surface area contributed by atoms with Gasteiger partial charge in [-0.1, -0.05) is 0 Å². The molecule has 4 heteroatoms. The standard InChI is InChI=1S/C12H17N3O/c1-9-6-13-12(14-7-9)15-5-3-4-11(8-15)10(2)16/h6-7,11H,3-5,8H2,1-2H3. The van der Waals surface area contributed by atoms with Crippen molar-refractivity contribution in [2.24, 2.45) is 5.92 Å². The maximum absolute atomic E-state index is 11.4. The van der Waals surface area contributed by atoms with Crippen LogP contribution in [0.4, 0.5) is 5.95 Å². The summed E-state index contributed by atoms with van der Waals surface area (Å²) in [6.07, 6.45) is 5.68. The summed E-state index contributed by atoms with van der Waals surface area (Å²) in [5, 5.41) is 0. The van der Waals surface area contributed by atoms with Crippen molar-refractivity contribution in [1.29, 1.82) is 0 Å². The maximum atomic E-state index is 11.4. The van der Waals surface area contributed by atoms with Gasteiger partial charge in [0.1, 0.15) is 5.78 Å². The van der Waals surface area contributed by atoms with Crippen LogP contribution in [-0.4, -0.2) is 28.8 Å². The molecule has 1 atom stereocenters. The zero-order valence-electron chi connectivity index (χ0n) is 9.81. The van der Waals surface area contributed by atoms with Crippen molar-refractivity contribution in [3.05, 3.63) is 18.0 Å². The molecule has 0 N–H and O–H groups in total. The number of hydrogen-bond donors (Lipinski definition) is 0. The van der Waals surface area contributed by atoms with Gasteiger partial charge in [0, 0.05) is 31.4 Å². The number of aromatic nitrogens is 2. The van der Waals surface area contributed by atoms with Gasteiger partial charge in [0.05, 0.1) is 0 Å². The zero-order valence-corrected chi connectivity index (χ0v) is 9.81. The van der Waals surface area contributed by atoms with E-state index in [2.05, 4.69) is 14.9 Å². The number of rotatable bonds is 2. The van der Waals surface area contributed by atoms with Crippen molar-refractivity contribution < 1.29 is 4.79 Å². The molecule has 0 saturated carbocycles. The van der Waals surface area contributed by atoms with Gasteiger partial charge >= 0.3 is 0 Å². The molecule has 0 spiro atoms. The number of nitrogens with zero attached hydrogens (tertiary/aromatic N) is 3. The quantitative estimate of drug-likeness (QED) is 0.757. The smallest absolute Gasteiger partial charge is 0.225 e. The van der Waals surface area contributed by atoms with E-state index in [0.29, 0.717) is 0 Å². The monoisotopic (exact) mass is 219 g/mol. The molecule has 0 bridgehead atoms. The molecule has 1 aromatic rings. The van der Waals surface area contributed by atoms with E-state index in [0.717, 1.165) is 37.4 Å². The molecule has 2 heterocycles. The highest BCUT2D eigenvalue weighted by Gasteiger charge is 2.24. The topological polar surface area (TPSA) is 46.1 Å². The molecule has 86 valence electrons. The number of Topliss-reactive ketones (excluding diaryl/α,β-unsaturated/α-hetero) is 1. The van der Waals surface area contributed by atoms with Gasteiger partial charge in [-0.2, -0.15) is 0 Å². The minimum absolute atomic E-state index is 0.152. The summed E-state index contributed by atoms with van der Waals surface area (Å²) >= 11 is 0. The fraction of sp³-hybridized carbons (Fsp3) is 0.583. The Labute approximate surface area is 95.7 Å². The predicted molar refractivity (Wildman–Crippen MR) is 62.4 cm³/mol. The second-order valence-electron chi connectivity index (χ2n) is 4.46. The van der Waals surface area contributed by atoms with E-state index in [1.165, 1.54) is 0 Å². The molecule has 0 amide bonds. The molecule has 0 aromatic carbocycles. The van der Waals surface area contributed by atoms with Crippen molar-refractivity contribution in [2.45, 2.75) is 26.7 Å². The molecule has 1 unspecified atom stereocenters. The molecule has 1 fully saturated rings. The van der Waals surface area contributed by atoms with Crippen LogP contribution in [0.2, 0.25) is 0 Å². The van der Waals surface area contributed by atoms with Crippen molar-refractivity contribution >= 4 is 11.7 Å². The predicted octanol–water partition coefficient (Wildman–Crippen LogP) is 1.59. The van der Waals surface area contributed by atoms with Gasteiger partial charge in [0.2, 0.25) is 5.95 Å². The van der Waals surface area contributed by atoms with Gasteiger partial charge in [-0.15, -0.1) is 0 Å². The van der Waals surface area contributed by atoms with Gasteiger partial charge in [-0.25, -0.2) is 9.97 Å². The summed E-state index contributed by atoms with van der Waals surface area (Å²) in [6, 6.07) is 0. The van der Waals surface area contributed by atoms with Crippen LogP contribution >= 0.6 is 0 Å².